The van der Waals surface area contributed by atoms with Crippen molar-refractivity contribution in [2.45, 2.75) is 19.5 Å². The molecule has 0 saturated heterocycles. The molecule has 0 atom stereocenters. The second-order valence-electron chi connectivity index (χ2n) is 5.51. The highest BCUT2D eigenvalue weighted by molar-refractivity contribution is 7.10. The van der Waals surface area contributed by atoms with Gasteiger partial charge in [0.2, 0.25) is 0 Å². The average molecular weight is 333 g/mol. The van der Waals surface area contributed by atoms with Crippen LogP contribution in [0, 0.1) is 0 Å². The van der Waals surface area contributed by atoms with Gasteiger partial charge in [-0.1, -0.05) is 6.07 Å². The van der Waals surface area contributed by atoms with Crippen molar-refractivity contribution < 1.29 is 19.4 Å². The number of carboxylic acid groups (broad SMARTS) is 1. The van der Waals surface area contributed by atoms with E-state index < -0.39 is 5.97 Å². The topological polar surface area (TPSA) is 59.0 Å². The molecule has 0 spiro atoms. The number of thiophene rings is 1. The van der Waals surface area contributed by atoms with Crippen LogP contribution in [-0.4, -0.2) is 36.7 Å². The Morgan fingerprint density at radius 1 is 1.30 bits per heavy atom. The standard InChI is InChI=1S/C17H19NO4S/c1-21-14-4-3-11(7-15(14)22-2)8-18-6-5-12-13(17(19)20)10-23-16(12)9-18/h3-4,7,10H,5-6,8-9H2,1-2H3,(H,19,20). The van der Waals surface area contributed by atoms with E-state index in [-0.39, 0.29) is 0 Å². The summed E-state index contributed by atoms with van der Waals surface area (Å²) in [5, 5.41) is 11.0. The van der Waals surface area contributed by atoms with Gasteiger partial charge in [0, 0.05) is 29.9 Å². The smallest absolute Gasteiger partial charge is 0.336 e. The quantitative estimate of drug-likeness (QED) is 0.911. The first kappa shape index (κ1) is 15.8. The molecular weight excluding hydrogens is 314 g/mol. The molecule has 1 aromatic carbocycles. The summed E-state index contributed by atoms with van der Waals surface area (Å²) in [4.78, 5) is 14.7. The number of hydrogen-bond donors (Lipinski definition) is 1. The summed E-state index contributed by atoms with van der Waals surface area (Å²) in [6, 6.07) is 5.94. The maximum atomic E-state index is 11.2. The van der Waals surface area contributed by atoms with Crippen molar-refractivity contribution in [3.05, 3.63) is 45.1 Å². The van der Waals surface area contributed by atoms with Gasteiger partial charge in [0.05, 0.1) is 19.8 Å². The molecule has 23 heavy (non-hydrogen) atoms. The molecule has 0 amide bonds. The van der Waals surface area contributed by atoms with Crippen LogP contribution in [0.2, 0.25) is 0 Å². The molecular formula is C17H19NO4S. The van der Waals surface area contributed by atoms with Crippen LogP contribution >= 0.6 is 11.3 Å². The Morgan fingerprint density at radius 2 is 2.09 bits per heavy atom. The minimum Gasteiger partial charge on any atom is -0.493 e. The molecule has 1 aliphatic heterocycles. The summed E-state index contributed by atoms with van der Waals surface area (Å²) in [5.74, 6) is 0.629. The lowest BCUT2D eigenvalue weighted by atomic mass is 10.0. The number of aromatic carboxylic acids is 1. The lowest BCUT2D eigenvalue weighted by molar-refractivity contribution is 0.0695. The van der Waals surface area contributed by atoms with Crippen molar-refractivity contribution in [3.8, 4) is 11.5 Å². The summed E-state index contributed by atoms with van der Waals surface area (Å²) in [5.41, 5.74) is 2.63. The number of carbonyl (C=O) groups is 1. The zero-order valence-corrected chi connectivity index (χ0v) is 14.0. The Bertz CT molecular complexity index is 725. The fourth-order valence-corrected chi connectivity index (χ4v) is 4.05. The van der Waals surface area contributed by atoms with E-state index in [1.165, 1.54) is 0 Å². The average Bonchev–Trinajstić information content (AvgIpc) is 2.98. The molecule has 1 N–H and O–H groups in total. The number of rotatable bonds is 5. The Morgan fingerprint density at radius 3 is 2.78 bits per heavy atom. The van der Waals surface area contributed by atoms with Gasteiger partial charge in [0.25, 0.3) is 0 Å². The van der Waals surface area contributed by atoms with Crippen molar-refractivity contribution in [1.82, 2.24) is 4.90 Å². The fourth-order valence-electron chi connectivity index (χ4n) is 2.93. The first-order valence-corrected chi connectivity index (χ1v) is 8.26. The van der Waals surface area contributed by atoms with Crippen LogP contribution in [0.3, 0.4) is 0 Å². The van der Waals surface area contributed by atoms with Gasteiger partial charge in [0.15, 0.2) is 11.5 Å². The lowest BCUT2D eigenvalue weighted by Crippen LogP contribution is -2.29. The van der Waals surface area contributed by atoms with Crippen molar-refractivity contribution >= 4 is 17.3 Å². The van der Waals surface area contributed by atoms with Gasteiger partial charge in [-0.15, -0.1) is 11.3 Å². The minimum absolute atomic E-state index is 0.468. The summed E-state index contributed by atoms with van der Waals surface area (Å²) in [6.07, 6.45) is 0.785. The van der Waals surface area contributed by atoms with Gasteiger partial charge < -0.3 is 14.6 Å². The molecule has 0 aliphatic carbocycles. The van der Waals surface area contributed by atoms with Crippen molar-refractivity contribution in [2.24, 2.45) is 0 Å². The Kier molecular flexibility index (Phi) is 4.54. The Labute approximate surface area is 139 Å². The van der Waals surface area contributed by atoms with E-state index in [9.17, 15) is 9.90 Å². The van der Waals surface area contributed by atoms with Crippen LogP contribution < -0.4 is 9.47 Å². The number of hydrogen-bond acceptors (Lipinski definition) is 5. The maximum Gasteiger partial charge on any atom is 0.336 e. The van der Waals surface area contributed by atoms with E-state index in [1.807, 2.05) is 18.2 Å². The summed E-state index contributed by atoms with van der Waals surface area (Å²) in [7, 11) is 3.26. The number of fused-ring (bicyclic) bond motifs is 1. The van der Waals surface area contributed by atoms with Gasteiger partial charge >= 0.3 is 5.97 Å². The summed E-state index contributed by atoms with van der Waals surface area (Å²) in [6.45, 7) is 2.46. The molecule has 0 unspecified atom stereocenters. The van der Waals surface area contributed by atoms with Crippen LogP contribution in [0.4, 0.5) is 0 Å². The molecule has 2 aromatic rings. The SMILES string of the molecule is COc1ccc(CN2CCc3c(C(=O)O)csc3C2)cc1OC. The first-order valence-electron chi connectivity index (χ1n) is 7.38. The van der Waals surface area contributed by atoms with Crippen molar-refractivity contribution in [1.29, 1.82) is 0 Å². The third kappa shape index (κ3) is 3.18. The van der Waals surface area contributed by atoms with Crippen LogP contribution in [0.5, 0.6) is 11.5 Å². The molecule has 3 rings (SSSR count). The highest BCUT2D eigenvalue weighted by atomic mass is 32.1. The van der Waals surface area contributed by atoms with Crippen molar-refractivity contribution in [2.75, 3.05) is 20.8 Å². The molecule has 0 bridgehead atoms. The van der Waals surface area contributed by atoms with Gasteiger partial charge in [-0.3, -0.25) is 4.90 Å². The predicted octanol–water partition coefficient (Wildman–Crippen LogP) is 3.02. The molecule has 2 heterocycles. The number of carboxylic acids is 1. The van der Waals surface area contributed by atoms with Gasteiger partial charge in [-0.25, -0.2) is 4.79 Å². The second kappa shape index (κ2) is 6.60. The van der Waals surface area contributed by atoms with E-state index in [2.05, 4.69) is 4.90 Å². The largest absolute Gasteiger partial charge is 0.493 e. The summed E-state index contributed by atoms with van der Waals surface area (Å²) < 4.78 is 10.6. The van der Waals surface area contributed by atoms with E-state index in [4.69, 9.17) is 9.47 Å². The molecule has 122 valence electrons. The lowest BCUT2D eigenvalue weighted by Gasteiger charge is -2.27. The third-order valence-corrected chi connectivity index (χ3v) is 5.12. The van der Waals surface area contributed by atoms with E-state index in [1.54, 1.807) is 30.9 Å². The predicted molar refractivity (Wildman–Crippen MR) is 88.6 cm³/mol. The zero-order chi connectivity index (χ0) is 16.4. The van der Waals surface area contributed by atoms with Gasteiger partial charge in [0.1, 0.15) is 0 Å². The monoisotopic (exact) mass is 333 g/mol. The molecule has 6 heteroatoms. The van der Waals surface area contributed by atoms with Gasteiger partial charge in [-0.05, 0) is 29.7 Å². The Hall–Kier alpha value is -2.05. The highest BCUT2D eigenvalue weighted by Gasteiger charge is 2.23. The molecule has 1 aromatic heterocycles. The molecule has 5 nitrogen and oxygen atoms in total. The normalized spacial score (nSPS) is 14.3. The third-order valence-electron chi connectivity index (χ3n) is 4.11. The molecule has 0 saturated carbocycles. The zero-order valence-electron chi connectivity index (χ0n) is 13.2. The van der Waals surface area contributed by atoms with E-state index in [0.717, 1.165) is 53.6 Å². The molecule has 1 aliphatic rings. The molecule has 0 radical (unpaired) electrons. The Balaban J connectivity index is 1.74. The number of benzene rings is 1. The molecule has 0 fully saturated rings. The maximum absolute atomic E-state index is 11.2. The minimum atomic E-state index is -0.823. The van der Waals surface area contributed by atoms with E-state index >= 15 is 0 Å². The number of nitrogens with zero attached hydrogens (tertiary/aromatic N) is 1. The number of methoxy groups -OCH3 is 2. The van der Waals surface area contributed by atoms with Crippen molar-refractivity contribution in [3.63, 3.8) is 0 Å². The van der Waals surface area contributed by atoms with Crippen LogP contribution in [-0.2, 0) is 19.5 Å². The van der Waals surface area contributed by atoms with Crippen LogP contribution in [0.25, 0.3) is 0 Å². The van der Waals surface area contributed by atoms with Gasteiger partial charge in [-0.2, -0.15) is 0 Å². The number of ether oxygens (including phenoxy) is 2. The van der Waals surface area contributed by atoms with Crippen LogP contribution in [0.15, 0.2) is 23.6 Å². The van der Waals surface area contributed by atoms with E-state index in [0.29, 0.717) is 5.56 Å². The fraction of sp³-hybridized carbons (Fsp3) is 0.353. The first-order chi connectivity index (χ1) is 11.1. The highest BCUT2D eigenvalue weighted by Crippen LogP contribution is 2.31. The van der Waals surface area contributed by atoms with Crippen LogP contribution in [0.1, 0.15) is 26.4 Å². The summed E-state index contributed by atoms with van der Waals surface area (Å²) >= 11 is 1.54. The second-order valence-corrected chi connectivity index (χ2v) is 6.47.